The number of hydrogen-bond donors (Lipinski definition) is 0. The lowest BCUT2D eigenvalue weighted by atomic mass is 9.77. The van der Waals surface area contributed by atoms with Gasteiger partial charge in [0.15, 0.2) is 6.10 Å². The zero-order valence-electron chi connectivity index (χ0n) is 19.9. The Bertz CT molecular complexity index is 1100. The van der Waals surface area contributed by atoms with Crippen molar-refractivity contribution in [1.29, 1.82) is 0 Å². The van der Waals surface area contributed by atoms with Crippen molar-refractivity contribution >= 4 is 5.90 Å². The first-order valence-electron chi connectivity index (χ1n) is 13.2. The number of aliphatic imine (C=N–C) groups is 1. The summed E-state index contributed by atoms with van der Waals surface area (Å²) in [6.45, 7) is 0. The second-order valence-electron chi connectivity index (χ2n) is 10.3. The molecule has 3 aliphatic rings. The monoisotopic (exact) mass is 450 g/mol. The molecule has 34 heavy (non-hydrogen) atoms. The van der Waals surface area contributed by atoms with Crippen LogP contribution in [0.25, 0.3) is 0 Å². The minimum Gasteiger partial charge on any atom is -0.465 e. The lowest BCUT2D eigenvalue weighted by Gasteiger charge is -2.29. The molecule has 2 saturated carbocycles. The fourth-order valence-corrected chi connectivity index (χ4v) is 6.59. The summed E-state index contributed by atoms with van der Waals surface area (Å²) >= 11 is 0. The minimum atomic E-state index is -0.135. The molecule has 2 aliphatic carbocycles. The van der Waals surface area contributed by atoms with E-state index in [1.54, 1.807) is 0 Å². The van der Waals surface area contributed by atoms with Crippen LogP contribution in [0.3, 0.4) is 0 Å². The molecule has 0 bridgehead atoms. The first-order valence-corrected chi connectivity index (χ1v) is 13.2. The van der Waals surface area contributed by atoms with Gasteiger partial charge in [0.1, 0.15) is 11.7 Å². The zero-order chi connectivity index (χ0) is 22.7. The van der Waals surface area contributed by atoms with E-state index in [2.05, 4.69) is 78.9 Å². The van der Waals surface area contributed by atoms with E-state index >= 15 is 0 Å². The van der Waals surface area contributed by atoms with Gasteiger partial charge in [0.05, 0.1) is 0 Å². The summed E-state index contributed by atoms with van der Waals surface area (Å²) in [5.41, 5.74) is 4.48. The van der Waals surface area contributed by atoms with Crippen LogP contribution < -0.4 is 0 Å². The third kappa shape index (κ3) is 4.29. The molecule has 1 aromatic heterocycles. The Balaban J connectivity index is 1.35. The maximum absolute atomic E-state index is 6.57. The smallest absolute Gasteiger partial charge is 0.236 e. The Labute approximate surface area is 203 Å². The van der Waals surface area contributed by atoms with E-state index in [4.69, 9.17) is 14.7 Å². The van der Waals surface area contributed by atoms with Crippen molar-refractivity contribution in [3.8, 4) is 0 Å². The number of rotatable bonds is 6. The van der Waals surface area contributed by atoms with Crippen molar-refractivity contribution in [2.45, 2.75) is 69.4 Å². The normalized spacial score (nSPS) is 23.4. The first kappa shape index (κ1) is 21.6. The van der Waals surface area contributed by atoms with Crippen LogP contribution in [0, 0.1) is 11.8 Å². The van der Waals surface area contributed by atoms with Gasteiger partial charge in [-0.3, -0.25) is 0 Å². The summed E-state index contributed by atoms with van der Waals surface area (Å²) in [6.07, 6.45) is 10.8. The number of hydrogen-bond acceptors (Lipinski definition) is 3. The van der Waals surface area contributed by atoms with Crippen LogP contribution in [0.4, 0.5) is 0 Å². The summed E-state index contributed by atoms with van der Waals surface area (Å²) in [5, 5.41) is 0. The van der Waals surface area contributed by atoms with Crippen molar-refractivity contribution in [3.63, 3.8) is 0 Å². The van der Waals surface area contributed by atoms with Crippen molar-refractivity contribution in [2.24, 2.45) is 16.8 Å². The van der Waals surface area contributed by atoms with E-state index in [-0.39, 0.29) is 12.1 Å². The van der Waals surface area contributed by atoms with Gasteiger partial charge in [-0.2, -0.15) is 0 Å². The molecule has 0 N–H and O–H groups in total. The van der Waals surface area contributed by atoms with Crippen molar-refractivity contribution in [3.05, 3.63) is 101 Å². The van der Waals surface area contributed by atoms with Crippen LogP contribution in [-0.4, -0.2) is 10.9 Å². The van der Waals surface area contributed by atoms with Gasteiger partial charge in [-0.1, -0.05) is 92.4 Å². The molecule has 0 saturated heterocycles. The number of benzene rings is 2. The average molecular weight is 451 g/mol. The average Bonchev–Trinajstić information content (AvgIpc) is 3.68. The van der Waals surface area contributed by atoms with Crippen LogP contribution in [0.5, 0.6) is 0 Å². The maximum Gasteiger partial charge on any atom is 0.236 e. The number of ether oxygens (including phenoxy) is 1. The van der Waals surface area contributed by atoms with Crippen molar-refractivity contribution < 1.29 is 4.74 Å². The molecular formula is C31H34N2O. The SMILES string of the molecule is c1ccc([C@H]2N=C(c3cccc(C(C4CCCC4)C4CCCC4)n3)O[C@H]2c2ccccc2)cc1. The van der Waals surface area contributed by atoms with Crippen molar-refractivity contribution in [2.75, 3.05) is 0 Å². The summed E-state index contributed by atoms with van der Waals surface area (Å²) in [5.74, 6) is 2.83. The summed E-state index contributed by atoms with van der Waals surface area (Å²) in [6, 6.07) is 27.4. The molecule has 0 spiro atoms. The lowest BCUT2D eigenvalue weighted by molar-refractivity contribution is 0.196. The highest BCUT2D eigenvalue weighted by molar-refractivity contribution is 5.93. The van der Waals surface area contributed by atoms with Gasteiger partial charge in [0.2, 0.25) is 5.90 Å². The highest BCUT2D eigenvalue weighted by Gasteiger charge is 2.37. The number of pyridine rings is 1. The molecule has 0 radical (unpaired) electrons. The highest BCUT2D eigenvalue weighted by Crippen LogP contribution is 2.47. The van der Waals surface area contributed by atoms with Gasteiger partial charge >= 0.3 is 0 Å². The Hall–Kier alpha value is -2.94. The molecule has 2 fully saturated rings. The molecule has 2 atom stereocenters. The number of nitrogens with zero attached hydrogens (tertiary/aromatic N) is 2. The largest absolute Gasteiger partial charge is 0.465 e. The standard InChI is InChI=1S/C31H34N2O/c1-3-16-24(17-4-1)29-30(25-18-5-2-6-19-25)34-31(33-29)27-21-11-20-26(32-27)28(22-12-7-8-13-22)23-14-9-10-15-23/h1-6,11,16-23,28-30H,7-10,12-15H2/t29-,30+/m1/s1. The molecule has 3 heteroatoms. The summed E-state index contributed by atoms with van der Waals surface area (Å²) in [7, 11) is 0. The molecule has 2 heterocycles. The zero-order valence-corrected chi connectivity index (χ0v) is 19.9. The molecule has 174 valence electrons. The molecule has 6 rings (SSSR count). The Morgan fingerprint density at radius 2 is 1.24 bits per heavy atom. The molecule has 3 aromatic rings. The second-order valence-corrected chi connectivity index (χ2v) is 10.3. The van der Waals surface area contributed by atoms with Crippen molar-refractivity contribution in [1.82, 2.24) is 4.98 Å². The van der Waals surface area contributed by atoms with Gasteiger partial charge in [-0.15, -0.1) is 0 Å². The van der Waals surface area contributed by atoms with Crippen LogP contribution in [0.2, 0.25) is 0 Å². The molecule has 0 amide bonds. The Kier molecular flexibility index (Phi) is 6.18. The topological polar surface area (TPSA) is 34.5 Å². The molecule has 0 unspecified atom stereocenters. The van der Waals surface area contributed by atoms with Crippen LogP contribution in [0.1, 0.15) is 91.9 Å². The summed E-state index contributed by atoms with van der Waals surface area (Å²) < 4.78 is 6.57. The van der Waals surface area contributed by atoms with Gasteiger partial charge in [0, 0.05) is 11.6 Å². The molecule has 3 nitrogen and oxygen atoms in total. The third-order valence-electron chi connectivity index (χ3n) is 8.20. The van der Waals surface area contributed by atoms with E-state index in [0.29, 0.717) is 11.8 Å². The fraction of sp³-hybridized carbons (Fsp3) is 0.419. The van der Waals surface area contributed by atoms with E-state index in [9.17, 15) is 0 Å². The van der Waals surface area contributed by atoms with Crippen LogP contribution in [-0.2, 0) is 4.74 Å². The van der Waals surface area contributed by atoms with E-state index in [1.807, 2.05) is 0 Å². The molecular weight excluding hydrogens is 416 g/mol. The van der Waals surface area contributed by atoms with E-state index < -0.39 is 0 Å². The van der Waals surface area contributed by atoms with E-state index in [1.165, 1.54) is 62.6 Å². The van der Waals surface area contributed by atoms with Gasteiger partial charge in [0.25, 0.3) is 0 Å². The lowest BCUT2D eigenvalue weighted by Crippen LogP contribution is -2.20. The van der Waals surface area contributed by atoms with Crippen LogP contribution in [0.15, 0.2) is 83.9 Å². The first-order chi connectivity index (χ1) is 16.9. The fourth-order valence-electron chi connectivity index (χ4n) is 6.59. The highest BCUT2D eigenvalue weighted by atomic mass is 16.5. The predicted molar refractivity (Wildman–Crippen MR) is 137 cm³/mol. The predicted octanol–water partition coefficient (Wildman–Crippen LogP) is 7.81. The van der Waals surface area contributed by atoms with Crippen LogP contribution >= 0.6 is 0 Å². The van der Waals surface area contributed by atoms with Gasteiger partial charge in [-0.05, 0) is 60.8 Å². The summed E-state index contributed by atoms with van der Waals surface area (Å²) in [4.78, 5) is 10.4. The Morgan fingerprint density at radius 1 is 0.647 bits per heavy atom. The molecule has 2 aromatic carbocycles. The van der Waals surface area contributed by atoms with Gasteiger partial charge < -0.3 is 4.74 Å². The Morgan fingerprint density at radius 3 is 1.85 bits per heavy atom. The van der Waals surface area contributed by atoms with E-state index in [0.717, 1.165) is 23.1 Å². The second kappa shape index (κ2) is 9.74. The third-order valence-corrected chi connectivity index (χ3v) is 8.20. The maximum atomic E-state index is 6.57. The van der Waals surface area contributed by atoms with Gasteiger partial charge in [-0.25, -0.2) is 9.98 Å². The molecule has 1 aliphatic heterocycles. The minimum absolute atomic E-state index is 0.0653. The quantitative estimate of drug-likeness (QED) is 0.384. The number of aromatic nitrogens is 1.